The van der Waals surface area contributed by atoms with E-state index >= 15 is 0 Å². The second kappa shape index (κ2) is 10.8. The van der Waals surface area contributed by atoms with Crippen molar-refractivity contribution in [2.75, 3.05) is 18.0 Å². The van der Waals surface area contributed by atoms with E-state index in [4.69, 9.17) is 10.00 Å². The van der Waals surface area contributed by atoms with Gasteiger partial charge >= 0.3 is 18.0 Å². The number of thiophene rings is 1. The van der Waals surface area contributed by atoms with Crippen LogP contribution < -0.4 is 10.6 Å². The number of benzene rings is 1. The first kappa shape index (κ1) is 29.9. The largest absolute Gasteiger partial charge is 0.444 e. The molecular formula is C30H32F3N7O3S. The Bertz CT molecular complexity index is 1830. The molecule has 1 spiro atoms. The number of alkyl halides is 3. The minimum absolute atomic E-state index is 0.0588. The number of anilines is 1. The van der Waals surface area contributed by atoms with Crippen LogP contribution in [0.5, 0.6) is 0 Å². The summed E-state index contributed by atoms with van der Waals surface area (Å²) in [4.78, 5) is 41.8. The van der Waals surface area contributed by atoms with Gasteiger partial charge in [0.15, 0.2) is 0 Å². The summed E-state index contributed by atoms with van der Waals surface area (Å²) in [7, 11) is 0. The molecule has 10 nitrogen and oxygen atoms in total. The minimum Gasteiger partial charge on any atom is -0.444 e. The molecule has 1 N–H and O–H groups in total. The first-order valence-corrected chi connectivity index (χ1v) is 15.2. The Morgan fingerprint density at radius 3 is 2.73 bits per heavy atom. The molecule has 1 atom stereocenters. The molecule has 1 aromatic carbocycles. The van der Waals surface area contributed by atoms with Crippen molar-refractivity contribution < 1.29 is 22.7 Å². The van der Waals surface area contributed by atoms with Gasteiger partial charge in [-0.2, -0.15) is 18.4 Å². The number of amides is 1. The summed E-state index contributed by atoms with van der Waals surface area (Å²) in [5.74, 6) is 0.642. The lowest BCUT2D eigenvalue weighted by Crippen LogP contribution is -2.56. The number of imidazole rings is 1. The van der Waals surface area contributed by atoms with Crippen molar-refractivity contribution in [3.05, 3.63) is 51.5 Å². The lowest BCUT2D eigenvalue weighted by atomic mass is 9.78. The van der Waals surface area contributed by atoms with E-state index in [1.54, 1.807) is 17.0 Å². The van der Waals surface area contributed by atoms with Crippen molar-refractivity contribution in [2.45, 2.75) is 77.4 Å². The maximum atomic E-state index is 13.5. The molecule has 232 valence electrons. The highest BCUT2D eigenvalue weighted by molar-refractivity contribution is 7.18. The van der Waals surface area contributed by atoms with E-state index < -0.39 is 24.3 Å². The topological polar surface area (TPSA) is 120 Å². The molecule has 0 radical (unpaired) electrons. The quantitative estimate of drug-likeness (QED) is 0.289. The van der Waals surface area contributed by atoms with E-state index in [-0.39, 0.29) is 35.1 Å². The molecule has 44 heavy (non-hydrogen) atoms. The summed E-state index contributed by atoms with van der Waals surface area (Å²) < 4.78 is 46.2. The number of nitriles is 1. The lowest BCUT2D eigenvalue weighted by Gasteiger charge is -2.49. The standard InChI is InChI=1S/C30H32F3N7O3S/c1-28(2,3)43-27(42)40(14-18-4-5-23-22(10-18)37-26(41)39(23)9-8-34)19-6-7-29(12-19)15-38(16-29)24-21-11-20(13-30(31,32)33)44-25(21)36-17-35-24/h4-5,10-11,17,19H,6-7,9,12-16H2,1-3H3,(H,37,41). The van der Waals surface area contributed by atoms with Crippen LogP contribution in [-0.4, -0.2) is 61.4 Å². The van der Waals surface area contributed by atoms with Gasteiger partial charge in [0.2, 0.25) is 0 Å². The first-order valence-electron chi connectivity index (χ1n) is 14.4. The number of H-pyrrole nitrogens is 1. The van der Waals surface area contributed by atoms with E-state index in [1.165, 1.54) is 10.9 Å². The van der Waals surface area contributed by atoms with Crippen molar-refractivity contribution in [3.8, 4) is 6.07 Å². The van der Waals surface area contributed by atoms with Crippen molar-refractivity contribution in [3.63, 3.8) is 0 Å². The number of carbonyl (C=O) groups is 1. The van der Waals surface area contributed by atoms with Gasteiger partial charge in [0.05, 0.1) is 28.9 Å². The van der Waals surface area contributed by atoms with E-state index in [0.717, 1.165) is 36.2 Å². The number of rotatable bonds is 6. The zero-order valence-electron chi connectivity index (χ0n) is 24.6. The van der Waals surface area contributed by atoms with Crippen LogP contribution in [0.1, 0.15) is 50.5 Å². The van der Waals surface area contributed by atoms with E-state index in [1.807, 2.05) is 39.0 Å². The van der Waals surface area contributed by atoms with Gasteiger partial charge in [-0.05, 0) is 63.8 Å². The van der Waals surface area contributed by atoms with Gasteiger partial charge in [0.25, 0.3) is 0 Å². The smallest absolute Gasteiger partial charge is 0.410 e. The molecular weight excluding hydrogens is 595 g/mol. The number of ether oxygens (including phenoxy) is 1. The van der Waals surface area contributed by atoms with Crippen LogP contribution >= 0.6 is 11.3 Å². The van der Waals surface area contributed by atoms with Crippen LogP contribution in [0.15, 0.2) is 35.4 Å². The van der Waals surface area contributed by atoms with E-state index in [9.17, 15) is 22.8 Å². The third kappa shape index (κ3) is 5.97. The van der Waals surface area contributed by atoms with E-state index in [2.05, 4.69) is 19.9 Å². The third-order valence-electron chi connectivity index (χ3n) is 8.25. The van der Waals surface area contributed by atoms with E-state index in [0.29, 0.717) is 40.2 Å². The van der Waals surface area contributed by atoms with Gasteiger partial charge in [0.1, 0.15) is 29.1 Å². The average Bonchev–Trinajstić information content (AvgIpc) is 3.59. The second-order valence-electron chi connectivity index (χ2n) is 12.8. The SMILES string of the molecule is CC(C)(C)OC(=O)N(Cc1ccc2c(c1)[nH]c(=O)n2CC#N)C1CCC2(C1)CN(c1ncnc3sc(CC(F)(F)F)cc13)C2. The van der Waals surface area contributed by atoms with Crippen LogP contribution in [0.4, 0.5) is 23.8 Å². The predicted octanol–water partition coefficient (Wildman–Crippen LogP) is 5.76. The molecule has 3 aromatic heterocycles. The lowest BCUT2D eigenvalue weighted by molar-refractivity contribution is -0.126. The number of halogens is 3. The minimum atomic E-state index is -4.29. The Hall–Kier alpha value is -4.12. The fourth-order valence-electron chi connectivity index (χ4n) is 6.47. The Balaban J connectivity index is 1.20. The zero-order chi connectivity index (χ0) is 31.4. The number of nitrogens with zero attached hydrogens (tertiary/aromatic N) is 6. The summed E-state index contributed by atoms with van der Waals surface area (Å²) in [6.07, 6.45) is -1.90. The fourth-order valence-corrected chi connectivity index (χ4v) is 7.49. The molecule has 1 saturated heterocycles. The maximum absolute atomic E-state index is 13.5. The summed E-state index contributed by atoms with van der Waals surface area (Å²) in [5, 5.41) is 9.71. The second-order valence-corrected chi connectivity index (χ2v) is 13.9. The van der Waals surface area contributed by atoms with Gasteiger partial charge in [-0.15, -0.1) is 11.3 Å². The van der Waals surface area contributed by atoms with Crippen LogP contribution in [0.25, 0.3) is 21.3 Å². The van der Waals surface area contributed by atoms with Crippen LogP contribution in [0, 0.1) is 16.7 Å². The third-order valence-corrected chi connectivity index (χ3v) is 9.29. The summed E-state index contributed by atoms with van der Waals surface area (Å²) in [6.45, 7) is 7.05. The maximum Gasteiger partial charge on any atom is 0.410 e. The van der Waals surface area contributed by atoms with Gasteiger partial charge < -0.3 is 19.5 Å². The highest BCUT2D eigenvalue weighted by Gasteiger charge is 2.51. The Kier molecular flexibility index (Phi) is 7.34. The number of aromatic nitrogens is 4. The van der Waals surface area contributed by atoms with Gasteiger partial charge in [-0.3, -0.25) is 4.57 Å². The molecule has 1 aliphatic carbocycles. The highest BCUT2D eigenvalue weighted by Crippen LogP contribution is 2.49. The number of nitrogens with one attached hydrogen (secondary N) is 1. The number of aromatic amines is 1. The van der Waals surface area contributed by atoms with Crippen LogP contribution in [0.2, 0.25) is 0 Å². The highest BCUT2D eigenvalue weighted by atomic mass is 32.1. The summed E-state index contributed by atoms with van der Waals surface area (Å²) >= 11 is 1.04. The van der Waals surface area contributed by atoms with Gasteiger partial charge in [-0.25, -0.2) is 19.6 Å². The Morgan fingerprint density at radius 2 is 2.02 bits per heavy atom. The molecule has 14 heteroatoms. The normalized spacial score (nSPS) is 18.1. The Morgan fingerprint density at radius 1 is 1.25 bits per heavy atom. The van der Waals surface area contributed by atoms with Gasteiger partial charge in [0, 0.05) is 36.0 Å². The molecule has 6 rings (SSSR count). The summed E-state index contributed by atoms with van der Waals surface area (Å²) in [5.41, 5.74) is 0.916. The zero-order valence-corrected chi connectivity index (χ0v) is 25.4. The Labute approximate surface area is 255 Å². The molecule has 2 aliphatic rings. The van der Waals surface area contributed by atoms with Crippen molar-refractivity contribution in [2.24, 2.45) is 5.41 Å². The predicted molar refractivity (Wildman–Crippen MR) is 159 cm³/mol. The molecule has 1 unspecified atom stereocenters. The molecule has 4 heterocycles. The number of carbonyl (C=O) groups excluding carboxylic acids is 1. The summed E-state index contributed by atoms with van der Waals surface area (Å²) in [6, 6.07) is 8.91. The monoisotopic (exact) mass is 627 g/mol. The molecule has 1 saturated carbocycles. The van der Waals surface area contributed by atoms with Crippen molar-refractivity contribution >= 4 is 44.5 Å². The molecule has 0 bridgehead atoms. The van der Waals surface area contributed by atoms with Crippen LogP contribution in [-0.2, 0) is 24.2 Å². The average molecular weight is 628 g/mol. The fraction of sp³-hybridized carbons (Fsp3) is 0.500. The molecule has 1 amide bonds. The first-order chi connectivity index (χ1) is 20.7. The molecule has 1 aliphatic heterocycles. The number of fused-ring (bicyclic) bond motifs is 2. The van der Waals surface area contributed by atoms with Crippen LogP contribution in [0.3, 0.4) is 0 Å². The molecule has 2 fully saturated rings. The molecule has 4 aromatic rings. The van der Waals surface area contributed by atoms with Crippen molar-refractivity contribution in [1.29, 1.82) is 5.26 Å². The number of hydrogen-bond donors (Lipinski definition) is 1. The van der Waals surface area contributed by atoms with Crippen molar-refractivity contribution in [1.82, 2.24) is 24.4 Å². The van der Waals surface area contributed by atoms with Gasteiger partial charge in [-0.1, -0.05) is 6.07 Å². The number of hydrogen-bond acceptors (Lipinski definition) is 8.